The number of fused-ring (bicyclic) bond motifs is 5. The van der Waals surface area contributed by atoms with Crippen LogP contribution in [0.1, 0.15) is 85.5 Å². The first-order valence-corrected chi connectivity index (χ1v) is 11.8. The van der Waals surface area contributed by atoms with Crippen molar-refractivity contribution in [2.75, 3.05) is 0 Å². The molecule has 4 fully saturated rings. The highest BCUT2D eigenvalue weighted by molar-refractivity contribution is 9.10. The van der Waals surface area contributed by atoms with Crippen molar-refractivity contribution in [3.8, 4) is 0 Å². The Labute approximate surface area is 172 Å². The summed E-state index contributed by atoms with van der Waals surface area (Å²) in [4.78, 5) is 24.6. The van der Waals surface area contributed by atoms with Gasteiger partial charge in [-0.25, -0.2) is 0 Å². The van der Waals surface area contributed by atoms with Crippen LogP contribution in [0, 0.1) is 34.5 Å². The molecule has 0 aromatic carbocycles. The fraction of sp³-hybridized carbons (Fsp3) is 0.913. The first kappa shape index (κ1) is 19.9. The quantitative estimate of drug-likeness (QED) is 0.411. The number of ketones is 1. The topological polar surface area (TPSA) is 43.4 Å². The lowest BCUT2D eigenvalue weighted by Gasteiger charge is -2.61. The summed E-state index contributed by atoms with van der Waals surface area (Å²) in [6.07, 6.45) is 11.0. The van der Waals surface area contributed by atoms with E-state index in [4.69, 9.17) is 4.74 Å². The Balaban J connectivity index is 1.70. The van der Waals surface area contributed by atoms with Crippen molar-refractivity contribution in [1.82, 2.24) is 0 Å². The molecule has 6 unspecified atom stereocenters. The minimum atomic E-state index is -0.731. The summed E-state index contributed by atoms with van der Waals surface area (Å²) >= 11 is 3.88. The van der Waals surface area contributed by atoms with Crippen LogP contribution in [0.25, 0.3) is 0 Å². The third kappa shape index (κ3) is 2.64. The van der Waals surface area contributed by atoms with Crippen molar-refractivity contribution >= 4 is 27.7 Å². The molecule has 4 rings (SSSR count). The minimum absolute atomic E-state index is 0.120. The van der Waals surface area contributed by atoms with Gasteiger partial charge in [0.15, 0.2) is 5.78 Å². The van der Waals surface area contributed by atoms with Gasteiger partial charge in [0.1, 0.15) is 10.4 Å². The first-order valence-electron chi connectivity index (χ1n) is 11.0. The average Bonchev–Trinajstić information content (AvgIpc) is 2.83. The van der Waals surface area contributed by atoms with Crippen molar-refractivity contribution in [2.45, 2.75) is 95.9 Å². The highest BCUT2D eigenvalue weighted by atomic mass is 79.9. The van der Waals surface area contributed by atoms with Crippen LogP contribution in [0.2, 0.25) is 0 Å². The SMILES string of the molecule is CC(=O)OC1CC2C3CC[C@H]4CCCCC4(C)C3CCC2(C)[C@@]1(Br)C(C)=O. The summed E-state index contributed by atoms with van der Waals surface area (Å²) in [5, 5.41) is 0. The van der Waals surface area contributed by atoms with E-state index in [-0.39, 0.29) is 23.3 Å². The van der Waals surface area contributed by atoms with Gasteiger partial charge in [-0.2, -0.15) is 0 Å². The number of hydrogen-bond donors (Lipinski definition) is 0. The third-order valence-corrected chi connectivity index (χ3v) is 11.5. The van der Waals surface area contributed by atoms with Crippen LogP contribution in [-0.4, -0.2) is 22.2 Å². The molecule has 4 aliphatic rings. The Kier molecular flexibility index (Phi) is 4.85. The minimum Gasteiger partial charge on any atom is -0.461 e. The summed E-state index contributed by atoms with van der Waals surface area (Å²) < 4.78 is 5.02. The molecule has 0 aromatic rings. The van der Waals surface area contributed by atoms with Crippen LogP contribution in [0.5, 0.6) is 0 Å². The lowest BCUT2D eigenvalue weighted by atomic mass is 9.45. The Bertz CT molecular complexity index is 648. The maximum absolute atomic E-state index is 12.8. The molecule has 0 aliphatic heterocycles. The average molecular weight is 439 g/mol. The molecule has 152 valence electrons. The monoisotopic (exact) mass is 438 g/mol. The second kappa shape index (κ2) is 6.57. The number of halogens is 1. The lowest BCUT2D eigenvalue weighted by Crippen LogP contribution is -2.57. The highest BCUT2D eigenvalue weighted by Gasteiger charge is 2.70. The molecule has 4 saturated carbocycles. The number of carbonyl (C=O) groups excluding carboxylic acids is 2. The second-order valence-corrected chi connectivity index (χ2v) is 11.7. The van der Waals surface area contributed by atoms with E-state index in [9.17, 15) is 9.59 Å². The molecule has 0 heterocycles. The van der Waals surface area contributed by atoms with Gasteiger partial charge in [0.2, 0.25) is 0 Å². The van der Waals surface area contributed by atoms with Crippen molar-refractivity contribution in [3.63, 3.8) is 0 Å². The Hall–Kier alpha value is -0.380. The molecule has 0 spiro atoms. The van der Waals surface area contributed by atoms with Crippen molar-refractivity contribution in [2.24, 2.45) is 34.5 Å². The summed E-state index contributed by atoms with van der Waals surface area (Å²) in [6.45, 7) is 8.00. The smallest absolute Gasteiger partial charge is 0.302 e. The van der Waals surface area contributed by atoms with E-state index in [1.54, 1.807) is 6.92 Å². The number of esters is 1. The molecule has 0 radical (unpaired) electrons. The van der Waals surface area contributed by atoms with Crippen LogP contribution in [0.3, 0.4) is 0 Å². The Morgan fingerprint density at radius 2 is 1.70 bits per heavy atom. The third-order valence-electron chi connectivity index (χ3n) is 9.54. The number of alkyl halides is 1. The maximum Gasteiger partial charge on any atom is 0.302 e. The molecule has 27 heavy (non-hydrogen) atoms. The van der Waals surface area contributed by atoms with Gasteiger partial charge in [0.25, 0.3) is 0 Å². The normalized spacial score (nSPS) is 51.7. The summed E-state index contributed by atoms with van der Waals surface area (Å²) in [5.74, 6) is 2.64. The van der Waals surface area contributed by atoms with E-state index < -0.39 is 4.32 Å². The number of hydrogen-bond acceptors (Lipinski definition) is 3. The van der Waals surface area contributed by atoms with Gasteiger partial charge in [-0.3, -0.25) is 9.59 Å². The van der Waals surface area contributed by atoms with Gasteiger partial charge in [0, 0.05) is 6.92 Å². The molecule has 8 atom stereocenters. The van der Waals surface area contributed by atoms with E-state index in [0.717, 1.165) is 24.7 Å². The van der Waals surface area contributed by atoms with Crippen molar-refractivity contribution in [3.05, 3.63) is 0 Å². The molecule has 4 heteroatoms. The summed E-state index contributed by atoms with van der Waals surface area (Å²) in [6, 6.07) is 0. The summed E-state index contributed by atoms with van der Waals surface area (Å²) in [7, 11) is 0. The van der Waals surface area contributed by atoms with Gasteiger partial charge < -0.3 is 4.74 Å². The molecule has 0 N–H and O–H groups in total. The fourth-order valence-electron chi connectivity index (χ4n) is 8.22. The van der Waals surface area contributed by atoms with Gasteiger partial charge in [0.05, 0.1) is 0 Å². The van der Waals surface area contributed by atoms with Gasteiger partial charge in [-0.05, 0) is 86.4 Å². The Morgan fingerprint density at radius 1 is 0.963 bits per heavy atom. The zero-order valence-electron chi connectivity index (χ0n) is 17.4. The fourth-order valence-corrected chi connectivity index (χ4v) is 8.99. The molecule has 0 bridgehead atoms. The number of ether oxygens (including phenoxy) is 1. The van der Waals surface area contributed by atoms with Gasteiger partial charge in [-0.15, -0.1) is 0 Å². The van der Waals surface area contributed by atoms with Gasteiger partial charge in [-0.1, -0.05) is 42.6 Å². The zero-order valence-corrected chi connectivity index (χ0v) is 18.9. The molecule has 0 aromatic heterocycles. The Morgan fingerprint density at radius 3 is 2.37 bits per heavy atom. The van der Waals surface area contributed by atoms with Crippen molar-refractivity contribution in [1.29, 1.82) is 0 Å². The van der Waals surface area contributed by atoms with Crippen molar-refractivity contribution < 1.29 is 14.3 Å². The number of carbonyl (C=O) groups is 2. The molecule has 4 aliphatic carbocycles. The lowest BCUT2D eigenvalue weighted by molar-refractivity contribution is -0.149. The van der Waals surface area contributed by atoms with Crippen LogP contribution < -0.4 is 0 Å². The van der Waals surface area contributed by atoms with Crippen LogP contribution in [-0.2, 0) is 14.3 Å². The second-order valence-electron chi connectivity index (χ2n) is 10.5. The van der Waals surface area contributed by atoms with Gasteiger partial charge >= 0.3 is 5.97 Å². The number of Topliss-reactive ketones (excluding diaryl/α,β-unsaturated/α-hetero) is 1. The molecule has 0 amide bonds. The maximum atomic E-state index is 12.8. The van der Waals surface area contributed by atoms with E-state index in [1.807, 2.05) is 0 Å². The van der Waals surface area contributed by atoms with Crippen LogP contribution in [0.15, 0.2) is 0 Å². The first-order chi connectivity index (χ1) is 12.6. The molecular formula is C23H35BrO3. The van der Waals surface area contributed by atoms with E-state index in [0.29, 0.717) is 17.3 Å². The van der Waals surface area contributed by atoms with E-state index in [1.165, 1.54) is 51.9 Å². The predicted octanol–water partition coefficient (Wildman–Crippen LogP) is 5.68. The number of rotatable bonds is 2. The highest BCUT2D eigenvalue weighted by Crippen LogP contribution is 2.70. The summed E-state index contributed by atoms with van der Waals surface area (Å²) in [5.41, 5.74) is 0.352. The zero-order chi connectivity index (χ0) is 19.6. The molecular weight excluding hydrogens is 404 g/mol. The molecule has 3 nitrogen and oxygen atoms in total. The standard InChI is InChI=1S/C23H35BrO3/c1-14(25)23(24)20(27-15(2)26)13-19-17-9-8-16-7-5-6-11-21(16,3)18(17)10-12-22(19,23)4/h16-20H,5-13H2,1-4H3/t16-,17?,18?,19?,20?,21?,22?,23-/m1/s1. The van der Waals surface area contributed by atoms with Crippen LogP contribution >= 0.6 is 15.9 Å². The van der Waals surface area contributed by atoms with E-state index >= 15 is 0 Å². The van der Waals surface area contributed by atoms with E-state index in [2.05, 4.69) is 29.8 Å². The largest absolute Gasteiger partial charge is 0.461 e. The predicted molar refractivity (Wildman–Crippen MR) is 110 cm³/mol. The molecule has 0 saturated heterocycles. The van der Waals surface area contributed by atoms with Crippen LogP contribution in [0.4, 0.5) is 0 Å².